The molecular weight excluding hydrogens is 757 g/mol. The highest BCUT2D eigenvalue weighted by atomic mass is 16.3. The highest BCUT2D eigenvalue weighted by Crippen LogP contribution is 2.42. The molecule has 9 aromatic carbocycles. The van der Waals surface area contributed by atoms with E-state index in [2.05, 4.69) is 156 Å². The van der Waals surface area contributed by atoms with Crippen LogP contribution in [-0.2, 0) is 0 Å². The molecule has 0 fully saturated rings. The minimum atomic E-state index is 0.602. The Bertz CT molecular complexity index is 3680. The van der Waals surface area contributed by atoms with Crippen LogP contribution in [0.4, 0.5) is 0 Å². The molecule has 0 unspecified atom stereocenters. The Morgan fingerprint density at radius 2 is 0.823 bits per heavy atom. The van der Waals surface area contributed by atoms with E-state index in [4.69, 9.17) is 19.4 Å². The fourth-order valence-corrected chi connectivity index (χ4v) is 9.02. The van der Waals surface area contributed by atoms with E-state index in [1.807, 2.05) is 66.7 Å². The van der Waals surface area contributed by atoms with Crippen molar-refractivity contribution < 1.29 is 4.42 Å². The van der Waals surface area contributed by atoms with Crippen molar-refractivity contribution in [3.05, 3.63) is 218 Å². The quantitative estimate of drug-likeness (QED) is 0.174. The smallest absolute Gasteiger partial charge is 0.164 e. The van der Waals surface area contributed by atoms with Crippen molar-refractivity contribution in [2.24, 2.45) is 0 Å². The Morgan fingerprint density at radius 3 is 1.52 bits per heavy atom. The topological polar surface area (TPSA) is 56.7 Å². The molecule has 0 amide bonds. The van der Waals surface area contributed by atoms with Gasteiger partial charge in [0.1, 0.15) is 11.2 Å². The van der Waals surface area contributed by atoms with E-state index in [1.165, 1.54) is 0 Å². The van der Waals surface area contributed by atoms with E-state index in [-0.39, 0.29) is 0 Å². The molecule has 12 aromatic rings. The monoisotopic (exact) mass is 792 g/mol. The predicted molar refractivity (Wildman–Crippen MR) is 256 cm³/mol. The normalized spacial score (nSPS) is 11.5. The van der Waals surface area contributed by atoms with Crippen molar-refractivity contribution in [2.45, 2.75) is 0 Å². The molecule has 0 radical (unpaired) electrons. The highest BCUT2D eigenvalue weighted by molar-refractivity contribution is 6.29. The summed E-state index contributed by atoms with van der Waals surface area (Å²) in [6.07, 6.45) is 0. The molecule has 0 spiro atoms. The molecule has 5 nitrogen and oxygen atoms in total. The van der Waals surface area contributed by atoms with Crippen molar-refractivity contribution in [1.29, 1.82) is 0 Å². The molecule has 0 aliphatic rings. The molecule has 0 saturated carbocycles. The van der Waals surface area contributed by atoms with Gasteiger partial charge < -0.3 is 8.98 Å². The zero-order chi connectivity index (χ0) is 41.0. The molecular formula is C57H36N4O. The summed E-state index contributed by atoms with van der Waals surface area (Å²) in [6, 6.07) is 76.4. The van der Waals surface area contributed by atoms with Crippen molar-refractivity contribution in [1.82, 2.24) is 19.5 Å². The molecule has 0 N–H and O–H groups in total. The lowest BCUT2D eigenvalue weighted by Crippen LogP contribution is -2.01. The molecule has 12 rings (SSSR count). The molecule has 0 aliphatic carbocycles. The van der Waals surface area contributed by atoms with Crippen LogP contribution >= 0.6 is 0 Å². The summed E-state index contributed by atoms with van der Waals surface area (Å²) in [5, 5.41) is 8.83. The van der Waals surface area contributed by atoms with Crippen molar-refractivity contribution >= 4 is 65.3 Å². The van der Waals surface area contributed by atoms with Crippen LogP contribution in [0.1, 0.15) is 0 Å². The fourth-order valence-electron chi connectivity index (χ4n) is 9.02. The van der Waals surface area contributed by atoms with Crippen LogP contribution in [0.5, 0.6) is 0 Å². The Hall–Kier alpha value is -8.41. The first-order chi connectivity index (χ1) is 30.7. The van der Waals surface area contributed by atoms with Gasteiger partial charge >= 0.3 is 0 Å². The number of hydrogen-bond donors (Lipinski definition) is 0. The maximum absolute atomic E-state index is 7.08. The van der Waals surface area contributed by atoms with Gasteiger partial charge in [0.2, 0.25) is 0 Å². The van der Waals surface area contributed by atoms with Gasteiger partial charge in [0.05, 0.1) is 11.0 Å². The van der Waals surface area contributed by atoms with Crippen LogP contribution in [0, 0.1) is 0 Å². The first-order valence-corrected chi connectivity index (χ1v) is 20.9. The SMILES string of the molecule is c1ccc(-c2ccc3oc4ccccc4c4ccccc4c4ccc5c6ccccc6n(-c6cccc(-c7nc(-c8ccccc8)nc(-c8ccccc8)n7)c6)c5c4c3c2)cc1. The van der Waals surface area contributed by atoms with Gasteiger partial charge in [0, 0.05) is 49.3 Å². The van der Waals surface area contributed by atoms with Crippen LogP contribution in [0.25, 0.3) is 116 Å². The van der Waals surface area contributed by atoms with Crippen LogP contribution in [0.15, 0.2) is 223 Å². The number of fused-ring (bicyclic) bond motifs is 11. The minimum absolute atomic E-state index is 0.602. The standard InChI is InChI=1S/C57H36N4O/c1-4-17-37(18-5-1)40-31-34-52-49(36-40)53-47(44-26-11-10-25-43(44)46-28-13-15-30-51(46)62-52)32-33-48-45-27-12-14-29-50(45)61(54(48)53)42-24-16-23-41(35-42)57-59-55(38-19-6-2-7-20-38)58-56(60-57)39-21-8-3-9-22-39/h1-36H. The molecule has 3 aromatic heterocycles. The predicted octanol–water partition coefficient (Wildman–Crippen LogP) is 15.0. The fraction of sp³-hybridized carbons (Fsp3) is 0. The van der Waals surface area contributed by atoms with Gasteiger partial charge in [-0.1, -0.05) is 182 Å². The van der Waals surface area contributed by atoms with Crippen molar-refractivity contribution in [3.8, 4) is 51.0 Å². The molecule has 5 heteroatoms. The maximum atomic E-state index is 7.08. The number of rotatable bonds is 5. The third-order valence-electron chi connectivity index (χ3n) is 11.9. The average Bonchev–Trinajstić information content (AvgIpc) is 3.71. The second kappa shape index (κ2) is 14.7. The second-order valence-electron chi connectivity index (χ2n) is 15.5. The van der Waals surface area contributed by atoms with E-state index in [0.717, 1.165) is 98.8 Å². The third-order valence-corrected chi connectivity index (χ3v) is 11.9. The van der Waals surface area contributed by atoms with Crippen LogP contribution < -0.4 is 0 Å². The van der Waals surface area contributed by atoms with E-state index < -0.39 is 0 Å². The highest BCUT2D eigenvalue weighted by Gasteiger charge is 2.20. The minimum Gasteiger partial charge on any atom is -0.456 e. The largest absolute Gasteiger partial charge is 0.456 e. The summed E-state index contributed by atoms with van der Waals surface area (Å²) in [5.74, 6) is 1.85. The zero-order valence-corrected chi connectivity index (χ0v) is 33.5. The molecule has 0 atom stereocenters. The molecule has 290 valence electrons. The van der Waals surface area contributed by atoms with Crippen LogP contribution in [0.3, 0.4) is 0 Å². The lowest BCUT2D eigenvalue weighted by molar-refractivity contribution is 0.663. The summed E-state index contributed by atoms with van der Waals surface area (Å²) >= 11 is 0. The van der Waals surface area contributed by atoms with Gasteiger partial charge in [-0.05, 0) is 63.7 Å². The number of para-hydroxylation sites is 2. The molecule has 0 saturated heterocycles. The first kappa shape index (κ1) is 35.5. The Kier molecular flexibility index (Phi) is 8.42. The summed E-state index contributed by atoms with van der Waals surface area (Å²) in [7, 11) is 0. The van der Waals surface area contributed by atoms with E-state index in [1.54, 1.807) is 0 Å². The molecule has 3 heterocycles. The van der Waals surface area contributed by atoms with Crippen molar-refractivity contribution in [3.63, 3.8) is 0 Å². The number of nitrogens with zero attached hydrogens (tertiary/aromatic N) is 4. The number of aromatic nitrogens is 4. The van der Waals surface area contributed by atoms with Crippen LogP contribution in [0.2, 0.25) is 0 Å². The lowest BCUT2D eigenvalue weighted by Gasteiger charge is -2.13. The molecule has 0 bridgehead atoms. The Labute approximate surface area is 357 Å². The zero-order valence-electron chi connectivity index (χ0n) is 33.5. The van der Waals surface area contributed by atoms with Gasteiger partial charge in [0.25, 0.3) is 0 Å². The maximum Gasteiger partial charge on any atom is 0.164 e. The van der Waals surface area contributed by atoms with E-state index in [0.29, 0.717) is 17.5 Å². The average molecular weight is 793 g/mol. The van der Waals surface area contributed by atoms with Crippen LogP contribution in [-0.4, -0.2) is 19.5 Å². The number of hydrogen-bond acceptors (Lipinski definition) is 4. The van der Waals surface area contributed by atoms with E-state index in [9.17, 15) is 0 Å². The summed E-state index contributed by atoms with van der Waals surface area (Å²) in [5.41, 5.74) is 9.77. The van der Waals surface area contributed by atoms with Gasteiger partial charge in [-0.15, -0.1) is 0 Å². The summed E-state index contributed by atoms with van der Waals surface area (Å²) < 4.78 is 9.49. The Balaban J connectivity index is 1.22. The van der Waals surface area contributed by atoms with Gasteiger partial charge in [-0.2, -0.15) is 0 Å². The third kappa shape index (κ3) is 5.98. The summed E-state index contributed by atoms with van der Waals surface area (Å²) in [6.45, 7) is 0. The molecule has 0 aliphatic heterocycles. The molecule has 62 heavy (non-hydrogen) atoms. The van der Waals surface area contributed by atoms with Gasteiger partial charge in [-0.25, -0.2) is 15.0 Å². The van der Waals surface area contributed by atoms with Gasteiger partial charge in [0.15, 0.2) is 17.5 Å². The number of benzene rings is 9. The van der Waals surface area contributed by atoms with Crippen molar-refractivity contribution in [2.75, 3.05) is 0 Å². The Morgan fingerprint density at radius 1 is 0.306 bits per heavy atom. The summed E-state index contributed by atoms with van der Waals surface area (Å²) in [4.78, 5) is 15.2. The van der Waals surface area contributed by atoms with Gasteiger partial charge in [-0.3, -0.25) is 0 Å². The second-order valence-corrected chi connectivity index (χ2v) is 15.5. The lowest BCUT2D eigenvalue weighted by atomic mass is 9.97. The first-order valence-electron chi connectivity index (χ1n) is 20.9. The van der Waals surface area contributed by atoms with E-state index >= 15 is 0 Å².